The molecule has 1 aromatic heterocycles. The molecule has 0 bridgehead atoms. The van der Waals surface area contributed by atoms with E-state index in [0.717, 1.165) is 0 Å². The van der Waals surface area contributed by atoms with E-state index in [4.69, 9.17) is 16.3 Å². The number of rotatable bonds is 5. The largest absolute Gasteiger partial charge is 0.438 e. The molecule has 0 unspecified atom stereocenters. The molecule has 0 saturated carbocycles. The molecule has 0 aliphatic carbocycles. The van der Waals surface area contributed by atoms with Crippen molar-refractivity contribution in [1.82, 2.24) is 9.97 Å². The lowest BCUT2D eigenvalue weighted by atomic mass is 10.3. The van der Waals surface area contributed by atoms with Crippen molar-refractivity contribution in [2.45, 2.75) is 6.92 Å². The Balaban J connectivity index is 2.28. The van der Waals surface area contributed by atoms with Gasteiger partial charge in [-0.2, -0.15) is 0 Å². The van der Waals surface area contributed by atoms with Gasteiger partial charge in [-0.15, -0.1) is 0 Å². The first-order chi connectivity index (χ1) is 10.0. The predicted molar refractivity (Wildman–Crippen MR) is 82.1 cm³/mol. The molecule has 0 fully saturated rings. The lowest BCUT2D eigenvalue weighted by Gasteiger charge is -2.10. The number of nitro groups is 1. The van der Waals surface area contributed by atoms with Gasteiger partial charge in [-0.25, -0.2) is 9.97 Å². The third-order valence-corrected chi connectivity index (χ3v) is 3.45. The summed E-state index contributed by atoms with van der Waals surface area (Å²) in [5, 5.41) is 13.7. The Hall–Kier alpha value is -1.93. The zero-order valence-electron chi connectivity index (χ0n) is 10.8. The lowest BCUT2D eigenvalue weighted by molar-refractivity contribution is -0.384. The van der Waals surface area contributed by atoms with Crippen LogP contribution in [-0.2, 0) is 0 Å². The Morgan fingerprint density at radius 3 is 2.86 bits per heavy atom. The SMILES string of the molecule is CCNc1ncnc(Oc2ccc([N+](=O)[O-])c(Cl)c2)c1Br. The molecule has 0 aliphatic heterocycles. The van der Waals surface area contributed by atoms with Gasteiger partial charge in [0, 0.05) is 18.7 Å². The minimum atomic E-state index is -0.560. The van der Waals surface area contributed by atoms with Gasteiger partial charge in [0.1, 0.15) is 27.4 Å². The number of ether oxygens (including phenoxy) is 1. The molecule has 2 rings (SSSR count). The maximum atomic E-state index is 10.7. The maximum absolute atomic E-state index is 10.7. The Kier molecular flexibility index (Phi) is 4.92. The monoisotopic (exact) mass is 372 g/mol. The molecule has 110 valence electrons. The van der Waals surface area contributed by atoms with Crippen molar-refractivity contribution in [3.63, 3.8) is 0 Å². The van der Waals surface area contributed by atoms with E-state index in [1.165, 1.54) is 24.5 Å². The molecule has 0 saturated heterocycles. The zero-order valence-corrected chi connectivity index (χ0v) is 13.2. The van der Waals surface area contributed by atoms with Crippen LogP contribution in [0.15, 0.2) is 29.0 Å². The molecular formula is C12H10BrClN4O3. The van der Waals surface area contributed by atoms with E-state index in [2.05, 4.69) is 31.2 Å². The van der Waals surface area contributed by atoms with Gasteiger partial charge in [-0.3, -0.25) is 10.1 Å². The first-order valence-corrected chi connectivity index (χ1v) is 7.06. The minimum absolute atomic E-state index is 0.00501. The first-order valence-electron chi connectivity index (χ1n) is 5.89. The van der Waals surface area contributed by atoms with Crippen molar-refractivity contribution in [3.8, 4) is 11.6 Å². The molecule has 0 aliphatic rings. The second kappa shape index (κ2) is 6.68. The van der Waals surface area contributed by atoms with E-state index in [-0.39, 0.29) is 16.6 Å². The number of nitrogens with one attached hydrogen (secondary N) is 1. The normalized spacial score (nSPS) is 10.2. The highest BCUT2D eigenvalue weighted by Crippen LogP contribution is 2.34. The molecule has 21 heavy (non-hydrogen) atoms. The maximum Gasteiger partial charge on any atom is 0.288 e. The van der Waals surface area contributed by atoms with Gasteiger partial charge in [-0.05, 0) is 28.9 Å². The average Bonchev–Trinajstić information content (AvgIpc) is 2.43. The summed E-state index contributed by atoms with van der Waals surface area (Å²) in [6, 6.07) is 4.09. The molecule has 9 heteroatoms. The average molecular weight is 374 g/mol. The quantitative estimate of drug-likeness (QED) is 0.628. The molecule has 0 radical (unpaired) electrons. The van der Waals surface area contributed by atoms with E-state index in [1.54, 1.807) is 0 Å². The summed E-state index contributed by atoms with van der Waals surface area (Å²) >= 11 is 9.18. The standard InChI is InChI=1S/C12H10BrClN4O3/c1-2-15-11-10(13)12(17-6-16-11)21-7-3-4-9(18(19)20)8(14)5-7/h3-6H,2H2,1H3,(H,15,16,17). The van der Waals surface area contributed by atoms with E-state index < -0.39 is 4.92 Å². The Morgan fingerprint density at radius 2 is 2.24 bits per heavy atom. The van der Waals surface area contributed by atoms with Crippen molar-refractivity contribution < 1.29 is 9.66 Å². The molecule has 1 aromatic carbocycles. The van der Waals surface area contributed by atoms with Crippen LogP contribution < -0.4 is 10.1 Å². The molecule has 0 spiro atoms. The fourth-order valence-corrected chi connectivity index (χ4v) is 2.19. The van der Waals surface area contributed by atoms with Gasteiger partial charge in [0.25, 0.3) is 5.69 Å². The summed E-state index contributed by atoms with van der Waals surface area (Å²) < 4.78 is 6.12. The predicted octanol–water partition coefficient (Wildman–Crippen LogP) is 4.02. The van der Waals surface area contributed by atoms with Crippen molar-refractivity contribution >= 4 is 39.0 Å². The third kappa shape index (κ3) is 3.59. The van der Waals surface area contributed by atoms with Crippen molar-refractivity contribution in [3.05, 3.63) is 44.1 Å². The van der Waals surface area contributed by atoms with Gasteiger partial charge in [0.2, 0.25) is 5.88 Å². The molecule has 1 heterocycles. The van der Waals surface area contributed by atoms with Crippen LogP contribution in [0, 0.1) is 10.1 Å². The Morgan fingerprint density at radius 1 is 1.48 bits per heavy atom. The van der Waals surface area contributed by atoms with Crippen LogP contribution >= 0.6 is 27.5 Å². The molecule has 0 atom stereocenters. The van der Waals surface area contributed by atoms with Crippen LogP contribution in [0.25, 0.3) is 0 Å². The number of benzene rings is 1. The highest BCUT2D eigenvalue weighted by atomic mass is 79.9. The summed E-state index contributed by atoms with van der Waals surface area (Å²) in [5.41, 5.74) is -0.181. The van der Waals surface area contributed by atoms with Crippen LogP contribution in [0.1, 0.15) is 6.92 Å². The Bertz CT molecular complexity index is 684. The highest BCUT2D eigenvalue weighted by molar-refractivity contribution is 9.10. The number of aromatic nitrogens is 2. The topological polar surface area (TPSA) is 90.2 Å². The van der Waals surface area contributed by atoms with Gasteiger partial charge in [0.05, 0.1) is 4.92 Å². The molecule has 0 amide bonds. The number of hydrogen-bond donors (Lipinski definition) is 1. The molecule has 2 aromatic rings. The summed E-state index contributed by atoms with van der Waals surface area (Å²) in [5.74, 6) is 1.22. The highest BCUT2D eigenvalue weighted by Gasteiger charge is 2.15. The van der Waals surface area contributed by atoms with E-state index in [0.29, 0.717) is 22.6 Å². The number of hydrogen-bond acceptors (Lipinski definition) is 6. The molecule has 7 nitrogen and oxygen atoms in total. The summed E-state index contributed by atoms with van der Waals surface area (Å²) in [6.45, 7) is 2.63. The van der Waals surface area contributed by atoms with Crippen LogP contribution in [0.3, 0.4) is 0 Å². The fraction of sp³-hybridized carbons (Fsp3) is 0.167. The summed E-state index contributed by atoms with van der Waals surface area (Å²) in [6.07, 6.45) is 1.35. The van der Waals surface area contributed by atoms with Crippen LogP contribution in [0.2, 0.25) is 5.02 Å². The van der Waals surface area contributed by atoms with Gasteiger partial charge >= 0.3 is 0 Å². The lowest BCUT2D eigenvalue weighted by Crippen LogP contribution is -2.02. The van der Waals surface area contributed by atoms with Gasteiger partial charge in [0.15, 0.2) is 0 Å². The molecule has 1 N–H and O–H groups in total. The first kappa shape index (κ1) is 15.5. The zero-order chi connectivity index (χ0) is 15.4. The fourth-order valence-electron chi connectivity index (χ4n) is 1.53. The van der Waals surface area contributed by atoms with Crippen LogP contribution in [0.4, 0.5) is 11.5 Å². The summed E-state index contributed by atoms with van der Waals surface area (Å²) in [4.78, 5) is 18.2. The summed E-state index contributed by atoms with van der Waals surface area (Å²) in [7, 11) is 0. The van der Waals surface area contributed by atoms with Crippen molar-refractivity contribution in [2.75, 3.05) is 11.9 Å². The second-order valence-electron chi connectivity index (χ2n) is 3.84. The Labute approximate surface area is 133 Å². The van der Waals surface area contributed by atoms with E-state index in [1.807, 2.05) is 6.92 Å². The van der Waals surface area contributed by atoms with Gasteiger partial charge < -0.3 is 10.1 Å². The number of nitrogens with zero attached hydrogens (tertiary/aromatic N) is 3. The van der Waals surface area contributed by atoms with Crippen LogP contribution in [0.5, 0.6) is 11.6 Å². The number of anilines is 1. The minimum Gasteiger partial charge on any atom is -0.438 e. The third-order valence-electron chi connectivity index (χ3n) is 2.43. The smallest absolute Gasteiger partial charge is 0.288 e. The van der Waals surface area contributed by atoms with Crippen LogP contribution in [-0.4, -0.2) is 21.4 Å². The number of halogens is 2. The van der Waals surface area contributed by atoms with Crippen molar-refractivity contribution in [1.29, 1.82) is 0 Å². The number of nitro benzene ring substituents is 1. The van der Waals surface area contributed by atoms with Gasteiger partial charge in [-0.1, -0.05) is 11.6 Å². The van der Waals surface area contributed by atoms with E-state index >= 15 is 0 Å². The van der Waals surface area contributed by atoms with E-state index in [9.17, 15) is 10.1 Å². The van der Waals surface area contributed by atoms with Crippen molar-refractivity contribution in [2.24, 2.45) is 0 Å². The second-order valence-corrected chi connectivity index (χ2v) is 5.04. The molecular weight excluding hydrogens is 364 g/mol.